The van der Waals surface area contributed by atoms with Crippen LogP contribution in [-0.4, -0.2) is 42.3 Å². The Morgan fingerprint density at radius 1 is 0.742 bits per heavy atom. The van der Waals surface area contributed by atoms with Crippen LogP contribution < -0.4 is 9.04 Å². The number of rotatable bonds is 8. The fourth-order valence-corrected chi connectivity index (χ4v) is 5.46. The minimum absolute atomic E-state index is 0.0307. The number of methoxy groups -OCH3 is 1. The topological polar surface area (TPSA) is 84.0 Å². The van der Waals surface area contributed by atoms with Gasteiger partial charge in [-0.25, -0.2) is 16.8 Å². The van der Waals surface area contributed by atoms with Crippen molar-refractivity contribution in [2.75, 3.05) is 25.5 Å². The van der Waals surface area contributed by atoms with E-state index in [-0.39, 0.29) is 27.8 Å². The maximum Gasteiger partial charge on any atom is 0.264 e. The summed E-state index contributed by atoms with van der Waals surface area (Å²) in [5, 5.41) is 0. The summed E-state index contributed by atoms with van der Waals surface area (Å²) in [6.45, 7) is 0.183. The van der Waals surface area contributed by atoms with Crippen molar-refractivity contribution in [1.82, 2.24) is 4.31 Å². The molecule has 0 saturated heterocycles. The van der Waals surface area contributed by atoms with Gasteiger partial charge in [-0.05, 0) is 35.9 Å². The minimum atomic E-state index is -3.91. The van der Waals surface area contributed by atoms with E-state index in [1.165, 1.54) is 55.8 Å². The van der Waals surface area contributed by atoms with Gasteiger partial charge in [-0.1, -0.05) is 48.5 Å². The van der Waals surface area contributed by atoms with Crippen molar-refractivity contribution in [1.29, 1.82) is 0 Å². The maximum absolute atomic E-state index is 13.1. The van der Waals surface area contributed by atoms with Crippen LogP contribution in [0.5, 0.6) is 5.75 Å². The van der Waals surface area contributed by atoms with Gasteiger partial charge in [0, 0.05) is 20.6 Å². The van der Waals surface area contributed by atoms with E-state index in [9.17, 15) is 16.8 Å². The molecular formula is C22H24N2O5S2. The number of nitrogens with zero attached hydrogens (tertiary/aromatic N) is 2. The SMILES string of the molecule is COc1ccc(S(=O)(=O)N(C)Cc2ccccc2)cc1N(C)S(=O)(=O)c1ccccc1. The predicted octanol–water partition coefficient (Wildman–Crippen LogP) is 3.34. The molecule has 0 unspecified atom stereocenters. The predicted molar refractivity (Wildman–Crippen MR) is 120 cm³/mol. The molecule has 0 radical (unpaired) electrons. The molecule has 0 N–H and O–H groups in total. The lowest BCUT2D eigenvalue weighted by Crippen LogP contribution is -2.29. The molecular weight excluding hydrogens is 436 g/mol. The lowest BCUT2D eigenvalue weighted by Gasteiger charge is -2.23. The van der Waals surface area contributed by atoms with Gasteiger partial charge in [-0.15, -0.1) is 0 Å². The lowest BCUT2D eigenvalue weighted by atomic mass is 10.2. The van der Waals surface area contributed by atoms with E-state index in [0.29, 0.717) is 0 Å². The van der Waals surface area contributed by atoms with Crippen LogP contribution in [0, 0.1) is 0 Å². The summed E-state index contributed by atoms with van der Waals surface area (Å²) in [6, 6.07) is 21.3. The van der Waals surface area contributed by atoms with E-state index in [1.54, 1.807) is 18.2 Å². The zero-order valence-corrected chi connectivity index (χ0v) is 19.1. The summed E-state index contributed by atoms with van der Waals surface area (Å²) in [5.74, 6) is 0.242. The first-order valence-corrected chi connectivity index (χ1v) is 12.3. The maximum atomic E-state index is 13.1. The zero-order chi connectivity index (χ0) is 22.6. The Balaban J connectivity index is 2.00. The second kappa shape index (κ2) is 9.09. The highest BCUT2D eigenvalue weighted by Crippen LogP contribution is 2.34. The van der Waals surface area contributed by atoms with Crippen LogP contribution in [0.25, 0.3) is 0 Å². The molecule has 3 aromatic rings. The average molecular weight is 461 g/mol. The van der Waals surface area contributed by atoms with E-state index < -0.39 is 20.0 Å². The van der Waals surface area contributed by atoms with Crippen molar-refractivity contribution in [3.05, 3.63) is 84.4 Å². The first-order valence-electron chi connectivity index (χ1n) is 9.40. The number of benzene rings is 3. The number of anilines is 1. The van der Waals surface area contributed by atoms with E-state index in [4.69, 9.17) is 4.74 Å². The van der Waals surface area contributed by atoms with E-state index in [0.717, 1.165) is 9.87 Å². The highest BCUT2D eigenvalue weighted by molar-refractivity contribution is 7.92. The molecule has 0 fully saturated rings. The molecule has 0 aliphatic heterocycles. The number of ether oxygens (including phenoxy) is 1. The number of sulfonamides is 2. The average Bonchev–Trinajstić information content (AvgIpc) is 2.79. The molecule has 0 aliphatic carbocycles. The molecule has 31 heavy (non-hydrogen) atoms. The van der Waals surface area contributed by atoms with Gasteiger partial charge in [0.1, 0.15) is 5.75 Å². The Morgan fingerprint density at radius 3 is 1.90 bits per heavy atom. The fourth-order valence-electron chi connectivity index (χ4n) is 3.06. The van der Waals surface area contributed by atoms with Crippen LogP contribution in [0.3, 0.4) is 0 Å². The van der Waals surface area contributed by atoms with Crippen molar-refractivity contribution >= 4 is 25.7 Å². The molecule has 3 aromatic carbocycles. The molecule has 0 spiro atoms. The largest absolute Gasteiger partial charge is 0.495 e. The van der Waals surface area contributed by atoms with Crippen molar-refractivity contribution in [3.8, 4) is 5.75 Å². The normalized spacial score (nSPS) is 12.0. The summed E-state index contributed by atoms with van der Waals surface area (Å²) < 4.78 is 59.9. The summed E-state index contributed by atoms with van der Waals surface area (Å²) in [5.41, 5.74) is 0.964. The van der Waals surface area contributed by atoms with Gasteiger partial charge in [-0.2, -0.15) is 4.31 Å². The molecule has 0 aliphatic rings. The first-order chi connectivity index (χ1) is 14.7. The second-order valence-electron chi connectivity index (χ2n) is 6.87. The van der Waals surface area contributed by atoms with Crippen LogP contribution >= 0.6 is 0 Å². The molecule has 0 atom stereocenters. The Hall–Kier alpha value is -2.88. The van der Waals surface area contributed by atoms with Crippen molar-refractivity contribution in [2.24, 2.45) is 0 Å². The van der Waals surface area contributed by atoms with Crippen LogP contribution in [0.4, 0.5) is 5.69 Å². The summed E-state index contributed by atoms with van der Waals surface area (Å²) >= 11 is 0. The first kappa shape index (κ1) is 22.8. The number of hydrogen-bond acceptors (Lipinski definition) is 5. The van der Waals surface area contributed by atoms with Crippen LogP contribution in [0.1, 0.15) is 5.56 Å². The van der Waals surface area contributed by atoms with E-state index in [2.05, 4.69) is 0 Å². The zero-order valence-electron chi connectivity index (χ0n) is 17.5. The van der Waals surface area contributed by atoms with E-state index >= 15 is 0 Å². The minimum Gasteiger partial charge on any atom is -0.495 e. The molecule has 164 valence electrons. The Morgan fingerprint density at radius 2 is 1.32 bits per heavy atom. The molecule has 0 heterocycles. The van der Waals surface area contributed by atoms with Crippen molar-refractivity contribution < 1.29 is 21.6 Å². The van der Waals surface area contributed by atoms with Gasteiger partial charge in [0.25, 0.3) is 10.0 Å². The van der Waals surface area contributed by atoms with Gasteiger partial charge >= 0.3 is 0 Å². The Kier molecular flexibility index (Phi) is 6.68. The van der Waals surface area contributed by atoms with Gasteiger partial charge in [-0.3, -0.25) is 4.31 Å². The fraction of sp³-hybridized carbons (Fsp3) is 0.182. The molecule has 0 bridgehead atoms. The van der Waals surface area contributed by atoms with Crippen LogP contribution in [-0.2, 0) is 26.6 Å². The van der Waals surface area contributed by atoms with E-state index in [1.807, 2.05) is 30.3 Å². The van der Waals surface area contributed by atoms with Crippen LogP contribution in [0.2, 0.25) is 0 Å². The Bertz CT molecular complexity index is 1250. The molecule has 3 rings (SSSR count). The van der Waals surface area contributed by atoms with Crippen molar-refractivity contribution in [2.45, 2.75) is 16.3 Å². The molecule has 7 nitrogen and oxygen atoms in total. The van der Waals surface area contributed by atoms with Gasteiger partial charge in [0.15, 0.2) is 0 Å². The molecule has 0 aromatic heterocycles. The van der Waals surface area contributed by atoms with Gasteiger partial charge < -0.3 is 4.74 Å². The smallest absolute Gasteiger partial charge is 0.264 e. The van der Waals surface area contributed by atoms with Gasteiger partial charge in [0.05, 0.1) is 22.6 Å². The quantitative estimate of drug-likeness (QED) is 0.515. The lowest BCUT2D eigenvalue weighted by molar-refractivity contribution is 0.415. The standard InChI is InChI=1S/C22H24N2O5S2/c1-23(17-18-10-6-4-7-11-18)30(25,26)20-14-15-22(29-3)21(16-20)24(2)31(27,28)19-12-8-5-9-13-19/h4-16H,17H2,1-3H3. The second-order valence-corrected chi connectivity index (χ2v) is 10.9. The Labute approximate surface area is 183 Å². The summed E-state index contributed by atoms with van der Waals surface area (Å²) in [6.07, 6.45) is 0. The summed E-state index contributed by atoms with van der Waals surface area (Å²) in [4.78, 5) is 0.0610. The molecule has 0 amide bonds. The monoisotopic (exact) mass is 460 g/mol. The van der Waals surface area contributed by atoms with Crippen molar-refractivity contribution in [3.63, 3.8) is 0 Å². The highest BCUT2D eigenvalue weighted by Gasteiger charge is 2.27. The number of hydrogen-bond donors (Lipinski definition) is 0. The molecule has 0 saturated carbocycles. The highest BCUT2D eigenvalue weighted by atomic mass is 32.2. The van der Waals surface area contributed by atoms with Crippen LogP contribution in [0.15, 0.2) is 88.7 Å². The third-order valence-corrected chi connectivity index (χ3v) is 8.43. The third-order valence-electron chi connectivity index (χ3n) is 4.85. The van der Waals surface area contributed by atoms with Gasteiger partial charge in [0.2, 0.25) is 10.0 Å². The summed E-state index contributed by atoms with van der Waals surface area (Å²) in [7, 11) is -3.53. The molecule has 9 heteroatoms. The third kappa shape index (κ3) is 4.73.